The van der Waals surface area contributed by atoms with Gasteiger partial charge in [0.05, 0.1) is 27.2 Å². The van der Waals surface area contributed by atoms with Gasteiger partial charge in [-0.2, -0.15) is 5.10 Å². The van der Waals surface area contributed by atoms with Crippen molar-refractivity contribution in [1.82, 2.24) is 14.7 Å². The monoisotopic (exact) mass is 454 g/mol. The van der Waals surface area contributed by atoms with E-state index >= 15 is 0 Å². The van der Waals surface area contributed by atoms with E-state index in [2.05, 4.69) is 5.10 Å². The minimum absolute atomic E-state index is 0.0261. The maximum Gasteiger partial charge on any atom is 0.264 e. The largest absolute Gasteiger partial charge is 0.334 e. The lowest BCUT2D eigenvalue weighted by molar-refractivity contribution is 0.0747. The molecule has 31 heavy (non-hydrogen) atoms. The lowest BCUT2D eigenvalue weighted by Crippen LogP contribution is -2.29. The van der Waals surface area contributed by atoms with E-state index in [4.69, 9.17) is 5.14 Å². The van der Waals surface area contributed by atoms with Crippen molar-refractivity contribution in [3.63, 3.8) is 0 Å². The Morgan fingerprint density at radius 3 is 2.52 bits per heavy atom. The summed E-state index contributed by atoms with van der Waals surface area (Å²) in [5.74, 6) is -0.145. The molecule has 1 amide bonds. The Balaban J connectivity index is 1.67. The van der Waals surface area contributed by atoms with E-state index in [1.165, 1.54) is 23.5 Å². The van der Waals surface area contributed by atoms with Crippen molar-refractivity contribution in [3.05, 3.63) is 76.8 Å². The van der Waals surface area contributed by atoms with E-state index < -0.39 is 10.0 Å². The number of amides is 1. The third-order valence-electron chi connectivity index (χ3n) is 5.33. The van der Waals surface area contributed by atoms with E-state index in [-0.39, 0.29) is 16.8 Å². The van der Waals surface area contributed by atoms with Crippen molar-refractivity contribution >= 4 is 37.5 Å². The highest BCUT2D eigenvalue weighted by molar-refractivity contribution is 7.89. The molecular formula is C22H22N4O3S2. The summed E-state index contributed by atoms with van der Waals surface area (Å²) in [4.78, 5) is 16.4. The van der Waals surface area contributed by atoms with Crippen molar-refractivity contribution in [1.29, 1.82) is 0 Å². The average Bonchev–Trinajstić information content (AvgIpc) is 3.33. The van der Waals surface area contributed by atoms with Crippen molar-refractivity contribution in [2.75, 3.05) is 7.05 Å². The molecule has 1 atom stereocenters. The Kier molecular flexibility index (Phi) is 5.42. The number of carbonyl (C=O) groups is 1. The zero-order valence-electron chi connectivity index (χ0n) is 17.3. The molecule has 7 nitrogen and oxygen atoms in total. The Morgan fingerprint density at radius 2 is 1.84 bits per heavy atom. The number of thiophene rings is 1. The van der Waals surface area contributed by atoms with Crippen LogP contribution < -0.4 is 5.14 Å². The van der Waals surface area contributed by atoms with Gasteiger partial charge in [-0.05, 0) is 49.7 Å². The highest BCUT2D eigenvalue weighted by atomic mass is 32.2. The Bertz CT molecular complexity index is 1370. The maximum absolute atomic E-state index is 13.2. The van der Waals surface area contributed by atoms with Gasteiger partial charge in [0.15, 0.2) is 0 Å². The van der Waals surface area contributed by atoms with Crippen LogP contribution in [-0.2, 0) is 10.0 Å². The molecule has 4 aromatic rings. The first kappa shape index (κ1) is 21.2. The van der Waals surface area contributed by atoms with Gasteiger partial charge in [0.2, 0.25) is 10.0 Å². The zero-order chi connectivity index (χ0) is 22.3. The van der Waals surface area contributed by atoms with Crippen LogP contribution in [0, 0.1) is 6.92 Å². The van der Waals surface area contributed by atoms with Crippen molar-refractivity contribution in [3.8, 4) is 5.69 Å². The zero-order valence-corrected chi connectivity index (χ0v) is 18.9. The lowest BCUT2D eigenvalue weighted by atomic mass is 10.1. The SMILES string of the molecule is Cc1nn(-c2ccccc2)c2sc(C(=O)N(C)C(C)c3cccc(S(N)(=O)=O)c3)cc12. The van der Waals surface area contributed by atoms with Crippen LogP contribution in [0.4, 0.5) is 0 Å². The van der Waals surface area contributed by atoms with Gasteiger partial charge >= 0.3 is 0 Å². The number of hydrogen-bond acceptors (Lipinski definition) is 5. The fourth-order valence-electron chi connectivity index (χ4n) is 3.42. The maximum atomic E-state index is 13.2. The van der Waals surface area contributed by atoms with Crippen molar-refractivity contribution in [2.24, 2.45) is 5.14 Å². The second-order valence-electron chi connectivity index (χ2n) is 7.37. The molecule has 0 bridgehead atoms. The molecule has 0 saturated carbocycles. The standard InChI is InChI=1S/C22H22N4O3S2/c1-14-19-13-20(30-22(19)26(24-14)17-9-5-4-6-10-17)21(27)25(3)15(2)16-8-7-11-18(12-16)31(23,28)29/h4-13,15H,1-3H3,(H2,23,28,29). The third-order valence-corrected chi connectivity index (χ3v) is 7.34. The van der Waals surface area contributed by atoms with Crippen LogP contribution in [0.5, 0.6) is 0 Å². The highest BCUT2D eigenvalue weighted by Crippen LogP contribution is 2.32. The fourth-order valence-corrected chi connectivity index (χ4v) is 5.16. The molecule has 9 heteroatoms. The number of carbonyl (C=O) groups excluding carboxylic acids is 1. The van der Waals surface area contributed by atoms with Gasteiger partial charge in [0, 0.05) is 12.4 Å². The second-order valence-corrected chi connectivity index (χ2v) is 9.96. The number of nitrogens with zero attached hydrogens (tertiary/aromatic N) is 3. The normalized spacial score (nSPS) is 12.8. The van der Waals surface area contributed by atoms with Crippen LogP contribution >= 0.6 is 11.3 Å². The Morgan fingerprint density at radius 1 is 1.13 bits per heavy atom. The predicted octanol–water partition coefficient (Wildman–Crippen LogP) is 3.88. The number of para-hydroxylation sites is 1. The van der Waals surface area contributed by atoms with Crippen molar-refractivity contribution in [2.45, 2.75) is 24.8 Å². The van der Waals surface area contributed by atoms with Crippen LogP contribution in [0.25, 0.3) is 15.9 Å². The molecule has 0 spiro atoms. The Labute approximate surface area is 184 Å². The molecule has 2 aromatic carbocycles. The first-order valence-electron chi connectivity index (χ1n) is 9.61. The average molecular weight is 455 g/mol. The summed E-state index contributed by atoms with van der Waals surface area (Å²) < 4.78 is 25.2. The van der Waals surface area contributed by atoms with Gasteiger partial charge in [0.25, 0.3) is 5.91 Å². The molecule has 4 rings (SSSR count). The summed E-state index contributed by atoms with van der Waals surface area (Å²) in [5, 5.41) is 10.8. The van der Waals surface area contributed by atoms with Gasteiger partial charge < -0.3 is 4.90 Å². The van der Waals surface area contributed by atoms with Crippen molar-refractivity contribution < 1.29 is 13.2 Å². The molecule has 160 valence electrons. The van der Waals surface area contributed by atoms with Gasteiger partial charge in [0.1, 0.15) is 4.83 Å². The molecule has 0 radical (unpaired) electrons. The van der Waals surface area contributed by atoms with Crippen LogP contribution in [0.2, 0.25) is 0 Å². The summed E-state index contributed by atoms with van der Waals surface area (Å²) in [6, 6.07) is 17.7. The van der Waals surface area contributed by atoms with E-state index in [0.717, 1.165) is 21.6 Å². The molecule has 2 N–H and O–H groups in total. The van der Waals surface area contributed by atoms with Crippen LogP contribution in [0.15, 0.2) is 65.6 Å². The molecule has 0 aliphatic rings. The topological polar surface area (TPSA) is 98.3 Å². The molecule has 1 unspecified atom stereocenters. The number of aryl methyl sites for hydroxylation is 1. The number of rotatable bonds is 5. The smallest absolute Gasteiger partial charge is 0.264 e. The van der Waals surface area contributed by atoms with Gasteiger partial charge in [-0.3, -0.25) is 4.79 Å². The highest BCUT2D eigenvalue weighted by Gasteiger charge is 2.24. The number of primary sulfonamides is 1. The summed E-state index contributed by atoms with van der Waals surface area (Å²) in [6.07, 6.45) is 0. The van der Waals surface area contributed by atoms with Crippen LogP contribution in [-0.4, -0.2) is 36.1 Å². The molecule has 0 aliphatic carbocycles. The van der Waals surface area contributed by atoms with E-state index in [9.17, 15) is 13.2 Å². The quantitative estimate of drug-likeness (QED) is 0.495. The van der Waals surface area contributed by atoms with Crippen LogP contribution in [0.3, 0.4) is 0 Å². The van der Waals surface area contributed by atoms with E-state index in [1.807, 2.05) is 54.9 Å². The van der Waals surface area contributed by atoms with Crippen LogP contribution in [0.1, 0.15) is 33.9 Å². The first-order valence-corrected chi connectivity index (χ1v) is 12.0. The molecular weight excluding hydrogens is 432 g/mol. The predicted molar refractivity (Wildman–Crippen MR) is 122 cm³/mol. The molecule has 0 aliphatic heterocycles. The molecule has 2 heterocycles. The fraction of sp³-hybridized carbons (Fsp3) is 0.182. The molecule has 2 aromatic heterocycles. The molecule has 0 fully saturated rings. The van der Waals surface area contributed by atoms with E-state index in [1.54, 1.807) is 24.1 Å². The minimum Gasteiger partial charge on any atom is -0.334 e. The minimum atomic E-state index is -3.81. The summed E-state index contributed by atoms with van der Waals surface area (Å²) in [6.45, 7) is 3.78. The molecule has 0 saturated heterocycles. The summed E-state index contributed by atoms with van der Waals surface area (Å²) in [5.41, 5.74) is 2.48. The number of aromatic nitrogens is 2. The number of benzene rings is 2. The third kappa shape index (κ3) is 3.99. The summed E-state index contributed by atoms with van der Waals surface area (Å²) >= 11 is 1.39. The number of hydrogen-bond donors (Lipinski definition) is 1. The summed E-state index contributed by atoms with van der Waals surface area (Å²) in [7, 11) is -2.11. The van der Waals surface area contributed by atoms with Gasteiger partial charge in [-0.1, -0.05) is 30.3 Å². The second kappa shape index (κ2) is 7.92. The Hall–Kier alpha value is -3.01. The lowest BCUT2D eigenvalue weighted by Gasteiger charge is -2.25. The first-order chi connectivity index (χ1) is 14.7. The van der Waals surface area contributed by atoms with Gasteiger partial charge in [-0.25, -0.2) is 18.2 Å². The van der Waals surface area contributed by atoms with Gasteiger partial charge in [-0.15, -0.1) is 11.3 Å². The number of sulfonamides is 1. The van der Waals surface area contributed by atoms with E-state index in [0.29, 0.717) is 10.4 Å². The number of fused-ring (bicyclic) bond motifs is 1. The number of nitrogens with two attached hydrogens (primary N) is 1.